The number of hydrogen-bond donors (Lipinski definition) is 1. The summed E-state index contributed by atoms with van der Waals surface area (Å²) in [5.74, 6) is -1.79. The second-order valence-electron chi connectivity index (χ2n) is 2.79. The lowest BCUT2D eigenvalue weighted by Crippen LogP contribution is -2.35. The molecule has 13 heavy (non-hydrogen) atoms. The lowest BCUT2D eigenvalue weighted by molar-refractivity contribution is -0.0732. The molecule has 0 rings (SSSR count). The number of hydrogen-bond acceptors (Lipinski definition) is 3. The molecule has 0 radical (unpaired) electrons. The number of ether oxygens (including phenoxy) is 1. The van der Waals surface area contributed by atoms with Crippen molar-refractivity contribution in [3.05, 3.63) is 0 Å². The van der Waals surface area contributed by atoms with Crippen molar-refractivity contribution in [1.82, 2.24) is 5.32 Å². The molecule has 80 valence electrons. The van der Waals surface area contributed by atoms with Gasteiger partial charge in [-0.1, -0.05) is 0 Å². The maximum Gasteiger partial charge on any atom is 0.283 e. The van der Waals surface area contributed by atoms with Crippen LogP contribution in [0.25, 0.3) is 0 Å². The fraction of sp³-hybridized carbons (Fsp3) is 1.00. The monoisotopic (exact) mass is 213 g/mol. The third kappa shape index (κ3) is 8.46. The minimum absolute atomic E-state index is 0.324. The first kappa shape index (κ1) is 13.1. The first-order valence-corrected chi connectivity index (χ1v) is 5.61. The highest BCUT2D eigenvalue weighted by molar-refractivity contribution is 7.98. The zero-order valence-electron chi connectivity index (χ0n) is 8.11. The van der Waals surface area contributed by atoms with Crippen molar-refractivity contribution in [3.8, 4) is 0 Å². The van der Waals surface area contributed by atoms with Gasteiger partial charge in [-0.3, -0.25) is 0 Å². The van der Waals surface area contributed by atoms with Crippen molar-refractivity contribution in [2.45, 2.75) is 12.3 Å². The summed E-state index contributed by atoms with van der Waals surface area (Å²) < 4.78 is 30.3. The summed E-state index contributed by atoms with van der Waals surface area (Å²) in [6.07, 6.45) is 2.81. The van der Waals surface area contributed by atoms with E-state index in [9.17, 15) is 8.78 Å². The quantitative estimate of drug-likeness (QED) is 0.619. The molecular weight excluding hydrogens is 196 g/mol. The zero-order valence-corrected chi connectivity index (χ0v) is 8.92. The summed E-state index contributed by atoms with van der Waals surface area (Å²) in [5, 5.41) is 2.43. The molecule has 1 N–H and O–H groups in total. The Hall–Kier alpha value is 0.130. The van der Waals surface area contributed by atoms with E-state index in [0.717, 1.165) is 12.2 Å². The second-order valence-corrected chi connectivity index (χ2v) is 3.77. The molecule has 0 aromatic rings. The van der Waals surface area contributed by atoms with Crippen LogP contribution in [-0.2, 0) is 4.74 Å². The van der Waals surface area contributed by atoms with Gasteiger partial charge in [-0.05, 0) is 25.5 Å². The highest BCUT2D eigenvalue weighted by Crippen LogP contribution is 2.12. The minimum atomic E-state index is -2.74. The van der Waals surface area contributed by atoms with Gasteiger partial charge in [0.2, 0.25) is 0 Å². The van der Waals surface area contributed by atoms with Gasteiger partial charge >= 0.3 is 0 Å². The molecule has 0 aromatic heterocycles. The van der Waals surface area contributed by atoms with Gasteiger partial charge in [0.15, 0.2) is 0 Å². The van der Waals surface area contributed by atoms with Crippen LogP contribution in [0.15, 0.2) is 0 Å². The summed E-state index contributed by atoms with van der Waals surface area (Å²) in [6, 6.07) is 0. The fourth-order valence-electron chi connectivity index (χ4n) is 0.836. The van der Waals surface area contributed by atoms with E-state index in [2.05, 4.69) is 5.32 Å². The standard InChI is InChI=1S/C8H17F2NOS/c1-11-6-8(9,10)7-12-4-3-5-13-2/h11H,3-7H2,1-2H3. The van der Waals surface area contributed by atoms with Crippen molar-refractivity contribution in [2.24, 2.45) is 0 Å². The Morgan fingerprint density at radius 2 is 2.15 bits per heavy atom. The van der Waals surface area contributed by atoms with E-state index in [4.69, 9.17) is 4.74 Å². The molecule has 0 saturated carbocycles. The molecule has 0 aliphatic rings. The molecule has 0 heterocycles. The molecule has 2 nitrogen and oxygen atoms in total. The smallest absolute Gasteiger partial charge is 0.283 e. The lowest BCUT2D eigenvalue weighted by Gasteiger charge is -2.15. The first-order valence-electron chi connectivity index (χ1n) is 4.21. The van der Waals surface area contributed by atoms with E-state index in [1.54, 1.807) is 11.8 Å². The SMILES string of the molecule is CNCC(F)(F)COCCCSC. The molecule has 0 fully saturated rings. The van der Waals surface area contributed by atoms with Crippen LogP contribution in [0.4, 0.5) is 8.78 Å². The van der Waals surface area contributed by atoms with Gasteiger partial charge < -0.3 is 10.1 Å². The topological polar surface area (TPSA) is 21.3 Å². The van der Waals surface area contributed by atoms with Crippen molar-refractivity contribution in [3.63, 3.8) is 0 Å². The fourth-order valence-corrected chi connectivity index (χ4v) is 1.24. The molecule has 0 aromatic carbocycles. The molecule has 0 saturated heterocycles. The molecule has 0 bridgehead atoms. The van der Waals surface area contributed by atoms with Gasteiger partial charge in [0.1, 0.15) is 6.61 Å². The average Bonchev–Trinajstić information content (AvgIpc) is 2.04. The van der Waals surface area contributed by atoms with Crippen LogP contribution in [-0.4, -0.2) is 44.7 Å². The maximum absolute atomic E-state index is 12.7. The predicted octanol–water partition coefficient (Wildman–Crippen LogP) is 1.61. The number of rotatable bonds is 8. The lowest BCUT2D eigenvalue weighted by atomic mass is 10.3. The largest absolute Gasteiger partial charge is 0.375 e. The van der Waals surface area contributed by atoms with Gasteiger partial charge in [-0.25, -0.2) is 8.78 Å². The van der Waals surface area contributed by atoms with Crippen LogP contribution < -0.4 is 5.32 Å². The number of alkyl halides is 2. The van der Waals surface area contributed by atoms with Crippen LogP contribution in [0, 0.1) is 0 Å². The van der Waals surface area contributed by atoms with Crippen molar-refractivity contribution in [2.75, 3.05) is 38.8 Å². The Bertz CT molecular complexity index is 125. The Kier molecular flexibility index (Phi) is 7.60. The van der Waals surface area contributed by atoms with Crippen molar-refractivity contribution in [1.29, 1.82) is 0 Å². The summed E-state index contributed by atoms with van der Waals surface area (Å²) in [6.45, 7) is -0.391. The Morgan fingerprint density at radius 3 is 2.69 bits per heavy atom. The predicted molar refractivity (Wildman–Crippen MR) is 52.7 cm³/mol. The zero-order chi connectivity index (χ0) is 10.2. The van der Waals surface area contributed by atoms with E-state index in [1.807, 2.05) is 6.26 Å². The molecule has 0 unspecified atom stereocenters. The summed E-state index contributed by atoms with van der Waals surface area (Å²) >= 11 is 1.69. The van der Waals surface area contributed by atoms with Crippen LogP contribution in [0.2, 0.25) is 0 Å². The molecule has 0 aliphatic carbocycles. The molecule has 5 heteroatoms. The van der Waals surface area contributed by atoms with Gasteiger partial charge in [0.05, 0.1) is 6.54 Å². The molecule has 0 amide bonds. The average molecular weight is 213 g/mol. The van der Waals surface area contributed by atoms with Crippen LogP contribution in [0.1, 0.15) is 6.42 Å². The van der Waals surface area contributed by atoms with Crippen molar-refractivity contribution >= 4 is 11.8 Å². The Morgan fingerprint density at radius 1 is 1.46 bits per heavy atom. The molecule has 0 aliphatic heterocycles. The van der Waals surface area contributed by atoms with E-state index in [-0.39, 0.29) is 6.54 Å². The third-order valence-corrected chi connectivity index (χ3v) is 2.08. The first-order chi connectivity index (χ1) is 6.12. The molecule has 0 atom stereocenters. The van der Waals surface area contributed by atoms with Gasteiger partial charge in [-0.2, -0.15) is 11.8 Å². The van der Waals surface area contributed by atoms with E-state index in [1.165, 1.54) is 7.05 Å². The summed E-state index contributed by atoms with van der Waals surface area (Å²) in [5.41, 5.74) is 0. The maximum atomic E-state index is 12.7. The van der Waals surface area contributed by atoms with Crippen LogP contribution in [0.3, 0.4) is 0 Å². The Labute approximate surface area is 82.4 Å². The van der Waals surface area contributed by atoms with E-state index in [0.29, 0.717) is 6.61 Å². The van der Waals surface area contributed by atoms with E-state index >= 15 is 0 Å². The number of nitrogens with one attached hydrogen (secondary N) is 1. The third-order valence-electron chi connectivity index (χ3n) is 1.39. The highest BCUT2D eigenvalue weighted by Gasteiger charge is 2.27. The summed E-state index contributed by atoms with van der Waals surface area (Å²) in [7, 11) is 1.50. The van der Waals surface area contributed by atoms with Gasteiger partial charge in [-0.15, -0.1) is 0 Å². The highest BCUT2D eigenvalue weighted by atomic mass is 32.2. The second kappa shape index (κ2) is 7.53. The number of halogens is 2. The molecule has 0 spiro atoms. The molecular formula is C8H17F2NOS. The summed E-state index contributed by atoms with van der Waals surface area (Å²) in [4.78, 5) is 0. The van der Waals surface area contributed by atoms with Crippen LogP contribution in [0.5, 0.6) is 0 Å². The van der Waals surface area contributed by atoms with Gasteiger partial charge in [0, 0.05) is 6.61 Å². The van der Waals surface area contributed by atoms with E-state index < -0.39 is 12.5 Å². The normalized spacial score (nSPS) is 12.0. The van der Waals surface area contributed by atoms with Crippen molar-refractivity contribution < 1.29 is 13.5 Å². The van der Waals surface area contributed by atoms with Gasteiger partial charge in [0.25, 0.3) is 5.92 Å². The van der Waals surface area contributed by atoms with Crippen LogP contribution >= 0.6 is 11.8 Å². The Balaban J connectivity index is 3.29. The minimum Gasteiger partial charge on any atom is -0.375 e. The number of thioether (sulfide) groups is 1.